The molecule has 0 saturated carbocycles. The zero-order valence-electron chi connectivity index (χ0n) is 10.6. The Bertz CT molecular complexity index is 252. The van der Waals surface area contributed by atoms with E-state index in [9.17, 15) is 4.79 Å². The lowest BCUT2D eigenvalue weighted by atomic mass is 10.4. The number of nitrogens with one attached hydrogen (secondary N) is 2. The van der Waals surface area contributed by atoms with E-state index < -0.39 is 0 Å². The number of ether oxygens (including phenoxy) is 2. The summed E-state index contributed by atoms with van der Waals surface area (Å²) < 4.78 is 9.74. The maximum Gasteiger partial charge on any atom is 0.332 e. The van der Waals surface area contributed by atoms with Crippen molar-refractivity contribution >= 4 is 5.97 Å². The molecule has 0 aromatic rings. The lowest BCUT2D eigenvalue weighted by Gasteiger charge is -2.07. The minimum Gasteiger partial charge on any atom is -0.500 e. The summed E-state index contributed by atoms with van der Waals surface area (Å²) in [6.45, 7) is 10.4. The summed E-state index contributed by atoms with van der Waals surface area (Å²) in [5, 5.41) is 6.27. The zero-order valence-corrected chi connectivity index (χ0v) is 10.6. The van der Waals surface area contributed by atoms with Crippen LogP contribution in [0.3, 0.4) is 0 Å². The first-order chi connectivity index (χ1) is 8.20. The van der Waals surface area contributed by atoms with Gasteiger partial charge in [0.1, 0.15) is 0 Å². The van der Waals surface area contributed by atoms with Crippen molar-refractivity contribution < 1.29 is 14.3 Å². The molecular weight excluding hydrogens is 220 g/mol. The fraction of sp³-hybridized carbons (Fsp3) is 0.583. The molecule has 0 aliphatic carbocycles. The molecule has 0 spiro atoms. The Labute approximate surface area is 103 Å². The number of carbonyl (C=O) groups excluding carboxylic acids is 1. The predicted octanol–water partition coefficient (Wildman–Crippen LogP) is 0.793. The Morgan fingerprint density at radius 3 is 2.76 bits per heavy atom. The van der Waals surface area contributed by atoms with Gasteiger partial charge in [-0.1, -0.05) is 6.58 Å². The highest BCUT2D eigenvalue weighted by molar-refractivity contribution is 5.82. The van der Waals surface area contributed by atoms with Crippen LogP contribution in [0.5, 0.6) is 0 Å². The third-order valence-electron chi connectivity index (χ3n) is 1.84. The van der Waals surface area contributed by atoms with Crippen molar-refractivity contribution in [2.45, 2.75) is 13.8 Å². The molecule has 0 bridgehead atoms. The van der Waals surface area contributed by atoms with Crippen molar-refractivity contribution in [3.05, 3.63) is 24.6 Å². The van der Waals surface area contributed by atoms with Crippen LogP contribution in [-0.4, -0.2) is 38.8 Å². The van der Waals surface area contributed by atoms with Crippen molar-refractivity contribution in [2.24, 2.45) is 0 Å². The molecule has 0 aliphatic rings. The molecule has 0 heterocycles. The summed E-state index contributed by atoms with van der Waals surface area (Å²) in [6, 6.07) is 0. The van der Waals surface area contributed by atoms with Crippen LogP contribution in [0.4, 0.5) is 0 Å². The van der Waals surface area contributed by atoms with Gasteiger partial charge < -0.3 is 20.1 Å². The van der Waals surface area contributed by atoms with Gasteiger partial charge in [0.15, 0.2) is 0 Å². The Kier molecular flexibility index (Phi) is 10.0. The van der Waals surface area contributed by atoms with Gasteiger partial charge in [-0.15, -0.1) is 0 Å². The number of esters is 1. The summed E-state index contributed by atoms with van der Waals surface area (Å²) >= 11 is 0. The van der Waals surface area contributed by atoms with Gasteiger partial charge in [0, 0.05) is 31.4 Å². The van der Waals surface area contributed by atoms with Gasteiger partial charge in [0.25, 0.3) is 0 Å². The monoisotopic (exact) mass is 242 g/mol. The van der Waals surface area contributed by atoms with E-state index in [-0.39, 0.29) is 5.97 Å². The van der Waals surface area contributed by atoms with E-state index in [2.05, 4.69) is 17.2 Å². The molecule has 0 aliphatic heterocycles. The Hall–Kier alpha value is -1.49. The van der Waals surface area contributed by atoms with E-state index in [1.807, 2.05) is 6.92 Å². The minimum absolute atomic E-state index is 0.315. The lowest BCUT2D eigenvalue weighted by Crippen LogP contribution is -2.28. The molecule has 5 heteroatoms. The minimum atomic E-state index is -0.315. The normalized spacial score (nSPS) is 10.8. The van der Waals surface area contributed by atoms with Crippen molar-refractivity contribution in [2.75, 3.05) is 32.8 Å². The summed E-state index contributed by atoms with van der Waals surface area (Å²) in [5.41, 5.74) is 0.799. The maximum atomic E-state index is 11.1. The van der Waals surface area contributed by atoms with Crippen LogP contribution in [0.25, 0.3) is 0 Å². The molecule has 0 aromatic carbocycles. The van der Waals surface area contributed by atoms with E-state index >= 15 is 0 Å². The second-order valence-corrected chi connectivity index (χ2v) is 3.29. The molecule has 0 aromatic heterocycles. The van der Waals surface area contributed by atoms with Crippen LogP contribution < -0.4 is 10.6 Å². The number of allylic oxidation sites excluding steroid dienone is 1. The highest BCUT2D eigenvalue weighted by Crippen LogP contribution is 1.88. The van der Waals surface area contributed by atoms with Gasteiger partial charge in [-0.3, -0.25) is 0 Å². The molecule has 17 heavy (non-hydrogen) atoms. The van der Waals surface area contributed by atoms with E-state index in [4.69, 9.17) is 9.47 Å². The zero-order chi connectivity index (χ0) is 12.9. The number of carbonyl (C=O) groups is 1. The molecule has 0 atom stereocenters. The smallest absolute Gasteiger partial charge is 0.332 e. The average molecular weight is 242 g/mol. The van der Waals surface area contributed by atoms with Crippen LogP contribution in [0, 0.1) is 0 Å². The number of rotatable bonds is 10. The average Bonchev–Trinajstić information content (AvgIpc) is 2.28. The standard InChI is InChI=1S/C12H22N2O3/c1-4-16-9-8-13-6-7-14-11(3)10-12(15)17-5-2/h4,10,13-14H,1,5-9H2,2-3H3/b11-10+. The highest BCUT2D eigenvalue weighted by Gasteiger charge is 1.96. The summed E-state index contributed by atoms with van der Waals surface area (Å²) in [7, 11) is 0. The second-order valence-electron chi connectivity index (χ2n) is 3.29. The van der Waals surface area contributed by atoms with E-state index in [0.717, 1.165) is 25.3 Å². The first-order valence-corrected chi connectivity index (χ1v) is 5.72. The van der Waals surface area contributed by atoms with Crippen molar-refractivity contribution in [1.29, 1.82) is 0 Å². The van der Waals surface area contributed by atoms with Crippen LogP contribution in [0.1, 0.15) is 13.8 Å². The maximum absolute atomic E-state index is 11.1. The van der Waals surface area contributed by atoms with E-state index in [0.29, 0.717) is 13.2 Å². The topological polar surface area (TPSA) is 59.6 Å². The third kappa shape index (κ3) is 10.8. The lowest BCUT2D eigenvalue weighted by molar-refractivity contribution is -0.137. The predicted molar refractivity (Wildman–Crippen MR) is 67.4 cm³/mol. The fourth-order valence-electron chi connectivity index (χ4n) is 1.10. The molecule has 0 amide bonds. The second kappa shape index (κ2) is 11.0. The van der Waals surface area contributed by atoms with E-state index in [1.54, 1.807) is 6.92 Å². The van der Waals surface area contributed by atoms with Gasteiger partial charge in [-0.05, 0) is 13.8 Å². The van der Waals surface area contributed by atoms with Crippen molar-refractivity contribution in [3.8, 4) is 0 Å². The van der Waals surface area contributed by atoms with E-state index in [1.165, 1.54) is 12.3 Å². The molecule has 0 rings (SSSR count). The third-order valence-corrected chi connectivity index (χ3v) is 1.84. The Morgan fingerprint density at radius 1 is 1.35 bits per heavy atom. The highest BCUT2D eigenvalue weighted by atomic mass is 16.5. The van der Waals surface area contributed by atoms with Gasteiger partial charge >= 0.3 is 5.97 Å². The van der Waals surface area contributed by atoms with Crippen LogP contribution in [-0.2, 0) is 14.3 Å². The van der Waals surface area contributed by atoms with Gasteiger partial charge in [0.05, 0.1) is 19.5 Å². The molecule has 0 fully saturated rings. The molecule has 0 unspecified atom stereocenters. The van der Waals surface area contributed by atoms with Crippen molar-refractivity contribution in [3.63, 3.8) is 0 Å². The largest absolute Gasteiger partial charge is 0.500 e. The number of hydrogen-bond acceptors (Lipinski definition) is 5. The number of hydrogen-bond donors (Lipinski definition) is 2. The Morgan fingerprint density at radius 2 is 2.12 bits per heavy atom. The fourth-order valence-corrected chi connectivity index (χ4v) is 1.10. The Balaban J connectivity index is 3.47. The van der Waals surface area contributed by atoms with Gasteiger partial charge in [0.2, 0.25) is 0 Å². The van der Waals surface area contributed by atoms with Crippen LogP contribution in [0.15, 0.2) is 24.6 Å². The quantitative estimate of drug-likeness (QED) is 0.257. The molecule has 0 saturated heterocycles. The molecular formula is C12H22N2O3. The first kappa shape index (κ1) is 15.5. The summed E-state index contributed by atoms with van der Waals surface area (Å²) in [5.74, 6) is -0.315. The molecule has 5 nitrogen and oxygen atoms in total. The summed E-state index contributed by atoms with van der Waals surface area (Å²) in [6.07, 6.45) is 2.87. The van der Waals surface area contributed by atoms with Crippen LogP contribution in [0.2, 0.25) is 0 Å². The van der Waals surface area contributed by atoms with Gasteiger partial charge in [-0.2, -0.15) is 0 Å². The van der Waals surface area contributed by atoms with Crippen molar-refractivity contribution in [1.82, 2.24) is 10.6 Å². The molecule has 0 radical (unpaired) electrons. The molecule has 98 valence electrons. The van der Waals surface area contributed by atoms with Crippen LogP contribution >= 0.6 is 0 Å². The summed E-state index contributed by atoms with van der Waals surface area (Å²) in [4.78, 5) is 11.1. The SMILES string of the molecule is C=COCCNCCN/C(C)=C/C(=O)OCC. The molecule has 2 N–H and O–H groups in total. The first-order valence-electron chi connectivity index (χ1n) is 5.72. The van der Waals surface area contributed by atoms with Gasteiger partial charge in [-0.25, -0.2) is 4.79 Å².